The molecule has 22 heavy (non-hydrogen) atoms. The second-order valence-corrected chi connectivity index (χ2v) is 6.51. The van der Waals surface area contributed by atoms with E-state index < -0.39 is 0 Å². The third-order valence-electron chi connectivity index (χ3n) is 3.00. The van der Waals surface area contributed by atoms with Crippen LogP contribution in [0.5, 0.6) is 0 Å². The molecule has 2 heterocycles. The third-order valence-corrected chi connectivity index (χ3v) is 4.34. The van der Waals surface area contributed by atoms with Crippen LogP contribution in [0.3, 0.4) is 0 Å². The van der Waals surface area contributed by atoms with Gasteiger partial charge in [-0.15, -0.1) is 10.2 Å². The van der Waals surface area contributed by atoms with Gasteiger partial charge in [0.25, 0.3) is 5.22 Å². The van der Waals surface area contributed by atoms with Crippen LogP contribution in [0.25, 0.3) is 11.1 Å². The summed E-state index contributed by atoms with van der Waals surface area (Å²) in [6.07, 6.45) is 5.96. The van der Waals surface area contributed by atoms with Gasteiger partial charge in [-0.1, -0.05) is 42.1 Å². The first-order valence-corrected chi connectivity index (χ1v) is 9.25. The predicted octanol–water partition coefficient (Wildman–Crippen LogP) is 3.59. The van der Waals surface area contributed by atoms with Crippen LogP contribution in [0.1, 0.15) is 5.89 Å². The van der Waals surface area contributed by atoms with Crippen molar-refractivity contribution in [3.63, 3.8) is 0 Å². The number of thioether (sulfide) groups is 2. The molecule has 3 rings (SSSR count). The molecule has 2 aromatic heterocycles. The molecule has 0 aliphatic carbocycles. The van der Waals surface area contributed by atoms with Crippen LogP contribution in [-0.2, 0) is 12.3 Å². The predicted molar refractivity (Wildman–Crippen MR) is 89.9 cm³/mol. The van der Waals surface area contributed by atoms with Crippen molar-refractivity contribution in [3.8, 4) is 11.1 Å². The molecule has 5 nitrogen and oxygen atoms in total. The minimum atomic E-state index is 0.625. The zero-order valence-electron chi connectivity index (χ0n) is 12.2. The highest BCUT2D eigenvalue weighted by molar-refractivity contribution is 7.99. The standard InChI is InChI=1S/C15H16N4OS2/c1-21-11-14-17-18-15(20-14)22-8-7-19-10-13(9-16-19)12-5-3-2-4-6-12/h2-6,9-10H,7-8,11H2,1H3. The van der Waals surface area contributed by atoms with Crippen LogP contribution in [0.15, 0.2) is 52.4 Å². The molecule has 0 unspecified atom stereocenters. The summed E-state index contributed by atoms with van der Waals surface area (Å²) in [7, 11) is 0. The first kappa shape index (κ1) is 15.2. The van der Waals surface area contributed by atoms with E-state index in [0.717, 1.165) is 23.6 Å². The number of nitrogens with zero attached hydrogens (tertiary/aromatic N) is 4. The van der Waals surface area contributed by atoms with Crippen LogP contribution in [0, 0.1) is 0 Å². The Kier molecular flexibility index (Phi) is 5.18. The van der Waals surface area contributed by atoms with E-state index in [1.54, 1.807) is 23.5 Å². The Bertz CT molecular complexity index is 711. The largest absolute Gasteiger partial charge is 0.415 e. The highest BCUT2D eigenvalue weighted by Gasteiger charge is 2.06. The molecule has 1 aromatic carbocycles. The molecule has 0 saturated heterocycles. The smallest absolute Gasteiger partial charge is 0.276 e. The van der Waals surface area contributed by atoms with Gasteiger partial charge in [-0.05, 0) is 11.8 Å². The molecule has 0 amide bonds. The molecule has 114 valence electrons. The molecule has 0 saturated carbocycles. The van der Waals surface area contributed by atoms with Crippen molar-refractivity contribution < 1.29 is 4.42 Å². The number of rotatable bonds is 7. The molecule has 0 aliphatic rings. The van der Waals surface area contributed by atoms with Crippen molar-refractivity contribution in [1.29, 1.82) is 0 Å². The fourth-order valence-corrected chi connectivity index (χ4v) is 3.04. The fourth-order valence-electron chi connectivity index (χ4n) is 1.97. The van der Waals surface area contributed by atoms with Crippen LogP contribution < -0.4 is 0 Å². The summed E-state index contributed by atoms with van der Waals surface area (Å²) in [4.78, 5) is 0. The number of hydrogen-bond acceptors (Lipinski definition) is 6. The van der Waals surface area contributed by atoms with Gasteiger partial charge in [0.1, 0.15) is 0 Å². The van der Waals surface area contributed by atoms with Crippen LogP contribution in [0.4, 0.5) is 0 Å². The Labute approximate surface area is 137 Å². The van der Waals surface area contributed by atoms with Crippen molar-refractivity contribution in [3.05, 3.63) is 48.6 Å². The molecule has 0 bridgehead atoms. The van der Waals surface area contributed by atoms with E-state index in [9.17, 15) is 0 Å². The van der Waals surface area contributed by atoms with Crippen LogP contribution in [-0.4, -0.2) is 32.0 Å². The summed E-state index contributed by atoms with van der Waals surface area (Å²) >= 11 is 3.23. The Morgan fingerprint density at radius 2 is 2.00 bits per heavy atom. The SMILES string of the molecule is CSCc1nnc(SCCn2cc(-c3ccccc3)cn2)o1. The molecule has 3 aromatic rings. The van der Waals surface area contributed by atoms with Crippen molar-refractivity contribution in [2.45, 2.75) is 17.5 Å². The summed E-state index contributed by atoms with van der Waals surface area (Å²) in [6.45, 7) is 0.803. The number of hydrogen-bond donors (Lipinski definition) is 0. The van der Waals surface area contributed by atoms with E-state index in [1.807, 2.05) is 35.3 Å². The zero-order chi connectivity index (χ0) is 15.2. The Hall–Kier alpha value is -1.73. The monoisotopic (exact) mass is 332 g/mol. The maximum atomic E-state index is 5.53. The summed E-state index contributed by atoms with van der Waals surface area (Å²) in [5.74, 6) is 2.28. The van der Waals surface area contributed by atoms with Gasteiger partial charge >= 0.3 is 0 Å². The minimum Gasteiger partial charge on any atom is -0.415 e. The van der Waals surface area contributed by atoms with E-state index >= 15 is 0 Å². The van der Waals surface area contributed by atoms with Gasteiger partial charge in [-0.3, -0.25) is 4.68 Å². The van der Waals surface area contributed by atoms with Crippen molar-refractivity contribution in [2.75, 3.05) is 12.0 Å². The Morgan fingerprint density at radius 3 is 2.82 bits per heavy atom. The second kappa shape index (κ2) is 7.51. The van der Waals surface area contributed by atoms with E-state index in [0.29, 0.717) is 11.1 Å². The van der Waals surface area contributed by atoms with Crippen molar-refractivity contribution in [2.24, 2.45) is 0 Å². The summed E-state index contributed by atoms with van der Waals surface area (Å²) in [5, 5.41) is 13.0. The maximum Gasteiger partial charge on any atom is 0.276 e. The Balaban J connectivity index is 1.52. The van der Waals surface area contributed by atoms with Gasteiger partial charge < -0.3 is 4.42 Å². The summed E-state index contributed by atoms with van der Waals surface area (Å²) < 4.78 is 7.47. The summed E-state index contributed by atoms with van der Waals surface area (Å²) in [5.41, 5.74) is 2.31. The van der Waals surface area contributed by atoms with Crippen LogP contribution >= 0.6 is 23.5 Å². The van der Waals surface area contributed by atoms with Gasteiger partial charge in [0.2, 0.25) is 5.89 Å². The lowest BCUT2D eigenvalue weighted by molar-refractivity contribution is 0.426. The van der Waals surface area contributed by atoms with E-state index in [1.165, 1.54) is 5.56 Å². The van der Waals surface area contributed by atoms with Gasteiger partial charge in [0, 0.05) is 17.5 Å². The molecule has 0 atom stereocenters. The first-order valence-electron chi connectivity index (χ1n) is 6.87. The van der Waals surface area contributed by atoms with Gasteiger partial charge in [0.05, 0.1) is 18.5 Å². The summed E-state index contributed by atoms with van der Waals surface area (Å²) in [6, 6.07) is 10.2. The highest BCUT2D eigenvalue weighted by atomic mass is 32.2. The van der Waals surface area contributed by atoms with Gasteiger partial charge in [-0.25, -0.2) is 0 Å². The molecule has 0 radical (unpaired) electrons. The molecular formula is C15H16N4OS2. The molecule has 0 fully saturated rings. The molecular weight excluding hydrogens is 316 g/mol. The molecule has 0 spiro atoms. The van der Waals surface area contributed by atoms with Crippen molar-refractivity contribution in [1.82, 2.24) is 20.0 Å². The average molecular weight is 332 g/mol. The first-order chi connectivity index (χ1) is 10.8. The second-order valence-electron chi connectivity index (χ2n) is 4.60. The minimum absolute atomic E-state index is 0.625. The highest BCUT2D eigenvalue weighted by Crippen LogP contribution is 2.20. The fraction of sp³-hybridized carbons (Fsp3) is 0.267. The lowest BCUT2D eigenvalue weighted by atomic mass is 10.1. The number of benzene rings is 1. The number of aryl methyl sites for hydroxylation is 1. The number of aromatic nitrogens is 4. The lowest BCUT2D eigenvalue weighted by Gasteiger charge is -1.99. The van der Waals surface area contributed by atoms with Gasteiger partial charge in [-0.2, -0.15) is 16.9 Å². The maximum absolute atomic E-state index is 5.53. The van der Waals surface area contributed by atoms with Crippen LogP contribution in [0.2, 0.25) is 0 Å². The molecule has 0 aliphatic heterocycles. The van der Waals surface area contributed by atoms with Gasteiger partial charge in [0.15, 0.2) is 0 Å². The Morgan fingerprint density at radius 1 is 1.14 bits per heavy atom. The topological polar surface area (TPSA) is 56.7 Å². The van der Waals surface area contributed by atoms with E-state index in [-0.39, 0.29) is 0 Å². The van der Waals surface area contributed by atoms with E-state index in [2.05, 4.69) is 33.6 Å². The lowest BCUT2D eigenvalue weighted by Crippen LogP contribution is -2.00. The quantitative estimate of drug-likeness (QED) is 0.616. The van der Waals surface area contributed by atoms with E-state index in [4.69, 9.17) is 4.42 Å². The average Bonchev–Trinajstić information content (AvgIpc) is 3.19. The normalized spacial score (nSPS) is 11.0. The molecule has 7 heteroatoms. The van der Waals surface area contributed by atoms with Crippen molar-refractivity contribution >= 4 is 23.5 Å². The zero-order valence-corrected chi connectivity index (χ0v) is 13.8. The molecule has 0 N–H and O–H groups in total. The third kappa shape index (κ3) is 3.92.